The summed E-state index contributed by atoms with van der Waals surface area (Å²) in [7, 11) is 0. The largest absolute Gasteiger partial charge is 0.370 e. The van der Waals surface area contributed by atoms with Crippen molar-refractivity contribution in [3.63, 3.8) is 0 Å². The van der Waals surface area contributed by atoms with E-state index in [1.807, 2.05) is 0 Å². The standard InChI is InChI=1S/C14H20N2/c15-9-12-5-1-2-6-13(12)16-10-14(11-16)7-3-4-8-14/h1-2,5-6H,3-4,7-11,15H2. The number of hydrogen-bond donors (Lipinski definition) is 1. The molecule has 1 saturated carbocycles. The van der Waals surface area contributed by atoms with Crippen LogP contribution in [-0.2, 0) is 6.54 Å². The molecule has 0 atom stereocenters. The molecule has 0 unspecified atom stereocenters. The summed E-state index contributed by atoms with van der Waals surface area (Å²) >= 11 is 0. The molecule has 0 amide bonds. The zero-order chi connectivity index (χ0) is 11.0. The molecule has 2 aliphatic rings. The molecule has 1 aliphatic carbocycles. The number of nitrogens with zero attached hydrogens (tertiary/aromatic N) is 1. The molecule has 1 aliphatic heterocycles. The van der Waals surface area contributed by atoms with Crippen LogP contribution in [0.3, 0.4) is 0 Å². The lowest BCUT2D eigenvalue weighted by atomic mass is 9.78. The van der Waals surface area contributed by atoms with Gasteiger partial charge in [-0.05, 0) is 24.5 Å². The third kappa shape index (κ3) is 1.52. The Hall–Kier alpha value is -1.02. The van der Waals surface area contributed by atoms with Crippen molar-refractivity contribution in [2.75, 3.05) is 18.0 Å². The second-order valence-electron chi connectivity index (χ2n) is 5.40. The van der Waals surface area contributed by atoms with Gasteiger partial charge < -0.3 is 10.6 Å². The molecule has 2 heteroatoms. The molecule has 0 bridgehead atoms. The summed E-state index contributed by atoms with van der Waals surface area (Å²) in [5, 5.41) is 0. The molecule has 2 fully saturated rings. The SMILES string of the molecule is NCc1ccccc1N1CC2(CCCC2)C1. The van der Waals surface area contributed by atoms with Crippen LogP contribution in [0.1, 0.15) is 31.2 Å². The predicted octanol–water partition coefficient (Wildman–Crippen LogP) is 2.53. The molecule has 0 radical (unpaired) electrons. The van der Waals surface area contributed by atoms with Crippen molar-refractivity contribution >= 4 is 5.69 Å². The number of rotatable bonds is 2. The summed E-state index contributed by atoms with van der Waals surface area (Å²) in [4.78, 5) is 2.51. The van der Waals surface area contributed by atoms with Gasteiger partial charge in [-0.15, -0.1) is 0 Å². The average molecular weight is 216 g/mol. The first-order valence-corrected chi connectivity index (χ1v) is 6.36. The van der Waals surface area contributed by atoms with Crippen LogP contribution >= 0.6 is 0 Å². The molecule has 1 heterocycles. The second-order valence-corrected chi connectivity index (χ2v) is 5.40. The number of benzene rings is 1. The van der Waals surface area contributed by atoms with Crippen molar-refractivity contribution in [2.45, 2.75) is 32.2 Å². The van der Waals surface area contributed by atoms with E-state index in [1.165, 1.54) is 50.0 Å². The highest BCUT2D eigenvalue weighted by Gasteiger charge is 2.44. The minimum atomic E-state index is 0.652. The lowest BCUT2D eigenvalue weighted by molar-refractivity contribution is 0.221. The number of para-hydroxylation sites is 1. The molecule has 2 nitrogen and oxygen atoms in total. The monoisotopic (exact) mass is 216 g/mol. The normalized spacial score (nSPS) is 22.4. The van der Waals surface area contributed by atoms with E-state index in [4.69, 9.17) is 5.73 Å². The van der Waals surface area contributed by atoms with Crippen molar-refractivity contribution in [3.8, 4) is 0 Å². The molecular weight excluding hydrogens is 196 g/mol. The highest BCUT2D eigenvalue weighted by molar-refractivity contribution is 5.56. The van der Waals surface area contributed by atoms with Crippen LogP contribution in [-0.4, -0.2) is 13.1 Å². The molecule has 16 heavy (non-hydrogen) atoms. The lowest BCUT2D eigenvalue weighted by Crippen LogP contribution is -2.55. The molecule has 2 N–H and O–H groups in total. The van der Waals surface area contributed by atoms with Crippen LogP contribution in [0, 0.1) is 5.41 Å². The van der Waals surface area contributed by atoms with E-state index < -0.39 is 0 Å². The quantitative estimate of drug-likeness (QED) is 0.823. The van der Waals surface area contributed by atoms with Crippen LogP contribution < -0.4 is 10.6 Å². The summed E-state index contributed by atoms with van der Waals surface area (Å²) < 4.78 is 0. The summed E-state index contributed by atoms with van der Waals surface area (Å²) in [6, 6.07) is 8.56. The Labute approximate surface area is 97.4 Å². The fourth-order valence-electron chi connectivity index (χ4n) is 3.37. The highest BCUT2D eigenvalue weighted by atomic mass is 15.2. The minimum absolute atomic E-state index is 0.652. The van der Waals surface area contributed by atoms with E-state index in [0.717, 1.165) is 0 Å². The maximum atomic E-state index is 5.79. The maximum absolute atomic E-state index is 5.79. The van der Waals surface area contributed by atoms with Crippen LogP contribution in [0.5, 0.6) is 0 Å². The van der Waals surface area contributed by atoms with Gasteiger partial charge in [0.15, 0.2) is 0 Å². The Bertz CT molecular complexity index is 372. The molecule has 86 valence electrons. The van der Waals surface area contributed by atoms with Gasteiger partial charge in [0.2, 0.25) is 0 Å². The van der Waals surface area contributed by atoms with Gasteiger partial charge in [-0.3, -0.25) is 0 Å². The van der Waals surface area contributed by atoms with E-state index in [0.29, 0.717) is 12.0 Å². The summed E-state index contributed by atoms with van der Waals surface area (Å²) in [6.07, 6.45) is 5.75. The summed E-state index contributed by atoms with van der Waals surface area (Å²) in [6.45, 7) is 3.16. The Morgan fingerprint density at radius 2 is 1.81 bits per heavy atom. The zero-order valence-corrected chi connectivity index (χ0v) is 9.78. The molecule has 1 saturated heterocycles. The van der Waals surface area contributed by atoms with Gasteiger partial charge in [0.1, 0.15) is 0 Å². The predicted molar refractivity (Wildman–Crippen MR) is 67.4 cm³/mol. The maximum Gasteiger partial charge on any atom is 0.0412 e. The number of nitrogens with two attached hydrogens (primary N) is 1. The van der Waals surface area contributed by atoms with E-state index in [-0.39, 0.29) is 0 Å². The third-order valence-corrected chi connectivity index (χ3v) is 4.27. The topological polar surface area (TPSA) is 29.3 Å². The van der Waals surface area contributed by atoms with Crippen molar-refractivity contribution < 1.29 is 0 Å². The first-order valence-electron chi connectivity index (χ1n) is 6.36. The van der Waals surface area contributed by atoms with E-state index >= 15 is 0 Å². The first kappa shape index (κ1) is 10.2. The summed E-state index contributed by atoms with van der Waals surface area (Å²) in [5.74, 6) is 0. The van der Waals surface area contributed by atoms with Gasteiger partial charge in [0.05, 0.1) is 0 Å². The van der Waals surface area contributed by atoms with Gasteiger partial charge in [-0.1, -0.05) is 31.0 Å². The van der Waals surface area contributed by atoms with Crippen molar-refractivity contribution in [2.24, 2.45) is 11.1 Å². The van der Waals surface area contributed by atoms with Gasteiger partial charge in [-0.2, -0.15) is 0 Å². The number of hydrogen-bond acceptors (Lipinski definition) is 2. The van der Waals surface area contributed by atoms with Crippen LogP contribution in [0.25, 0.3) is 0 Å². The smallest absolute Gasteiger partial charge is 0.0412 e. The molecule has 1 aromatic carbocycles. The molecular formula is C14H20N2. The zero-order valence-electron chi connectivity index (χ0n) is 9.78. The number of anilines is 1. The van der Waals surface area contributed by atoms with Crippen LogP contribution in [0.15, 0.2) is 24.3 Å². The molecule has 1 spiro atoms. The third-order valence-electron chi connectivity index (χ3n) is 4.27. The van der Waals surface area contributed by atoms with Crippen LogP contribution in [0.4, 0.5) is 5.69 Å². The Balaban J connectivity index is 1.75. The Morgan fingerprint density at radius 3 is 2.50 bits per heavy atom. The van der Waals surface area contributed by atoms with Gasteiger partial charge in [0.25, 0.3) is 0 Å². The van der Waals surface area contributed by atoms with Crippen molar-refractivity contribution in [1.29, 1.82) is 0 Å². The highest BCUT2D eigenvalue weighted by Crippen LogP contribution is 2.47. The Kier molecular flexibility index (Phi) is 2.40. The van der Waals surface area contributed by atoms with Gasteiger partial charge in [-0.25, -0.2) is 0 Å². The van der Waals surface area contributed by atoms with E-state index in [1.54, 1.807) is 0 Å². The summed E-state index contributed by atoms with van der Waals surface area (Å²) in [5.41, 5.74) is 9.10. The van der Waals surface area contributed by atoms with E-state index in [2.05, 4.69) is 29.2 Å². The van der Waals surface area contributed by atoms with Gasteiger partial charge >= 0.3 is 0 Å². The van der Waals surface area contributed by atoms with Crippen molar-refractivity contribution in [1.82, 2.24) is 0 Å². The molecule has 1 aromatic rings. The lowest BCUT2D eigenvalue weighted by Gasteiger charge is -2.50. The molecule has 3 rings (SSSR count). The minimum Gasteiger partial charge on any atom is -0.370 e. The Morgan fingerprint density at radius 1 is 1.12 bits per heavy atom. The fourth-order valence-corrected chi connectivity index (χ4v) is 3.37. The van der Waals surface area contributed by atoms with Gasteiger partial charge in [0, 0.05) is 30.7 Å². The van der Waals surface area contributed by atoms with Crippen molar-refractivity contribution in [3.05, 3.63) is 29.8 Å². The fraction of sp³-hybridized carbons (Fsp3) is 0.571. The first-order chi connectivity index (χ1) is 7.83. The average Bonchev–Trinajstić information content (AvgIpc) is 2.76. The second kappa shape index (κ2) is 3.77. The van der Waals surface area contributed by atoms with Crippen LogP contribution in [0.2, 0.25) is 0 Å². The van der Waals surface area contributed by atoms with E-state index in [9.17, 15) is 0 Å². The molecule has 0 aromatic heterocycles.